The molecule has 2 rings (SSSR count). The van der Waals surface area contributed by atoms with E-state index < -0.39 is 0 Å². The molecule has 2 nitrogen and oxygen atoms in total. The first-order valence-corrected chi connectivity index (χ1v) is 7.73. The number of hydrogen-bond acceptors (Lipinski definition) is 3. The lowest BCUT2D eigenvalue weighted by Crippen LogP contribution is -2.26. The van der Waals surface area contributed by atoms with Crippen molar-refractivity contribution in [1.29, 1.82) is 0 Å². The van der Waals surface area contributed by atoms with Crippen LogP contribution in [0.4, 0.5) is 0 Å². The highest BCUT2D eigenvalue weighted by molar-refractivity contribution is 7.09. The topological polar surface area (TPSA) is 24.9 Å². The maximum absolute atomic E-state index is 4.63. The van der Waals surface area contributed by atoms with Crippen LogP contribution >= 0.6 is 11.3 Å². The van der Waals surface area contributed by atoms with E-state index in [1.54, 1.807) is 0 Å². The summed E-state index contributed by atoms with van der Waals surface area (Å²) in [6, 6.07) is 0. The largest absolute Gasteiger partial charge is 0.319 e. The predicted molar refractivity (Wildman–Crippen MR) is 74.5 cm³/mol. The first-order chi connectivity index (χ1) is 8.29. The number of nitrogens with one attached hydrogen (secondary N) is 1. The van der Waals surface area contributed by atoms with Crippen molar-refractivity contribution in [3.05, 3.63) is 16.1 Å². The highest BCUT2D eigenvalue weighted by Gasteiger charge is 2.24. The Morgan fingerprint density at radius 3 is 2.71 bits per heavy atom. The molecule has 0 amide bonds. The number of aromatic nitrogens is 1. The van der Waals surface area contributed by atoms with E-state index in [1.165, 1.54) is 55.8 Å². The molecule has 0 saturated heterocycles. The maximum Gasteiger partial charge on any atom is 0.0930 e. The van der Waals surface area contributed by atoms with Gasteiger partial charge < -0.3 is 5.32 Å². The van der Waals surface area contributed by atoms with Crippen LogP contribution in [0.5, 0.6) is 0 Å². The molecule has 3 heteroatoms. The van der Waals surface area contributed by atoms with Crippen molar-refractivity contribution in [3.8, 4) is 0 Å². The molecule has 2 atom stereocenters. The zero-order valence-electron chi connectivity index (χ0n) is 11.0. The first kappa shape index (κ1) is 13.0. The van der Waals surface area contributed by atoms with Crippen LogP contribution in [-0.4, -0.2) is 18.6 Å². The Kier molecular flexibility index (Phi) is 4.99. The Hall–Kier alpha value is -0.410. The minimum atomic E-state index is 0.843. The van der Waals surface area contributed by atoms with Crippen LogP contribution in [0.15, 0.2) is 5.38 Å². The molecule has 1 aromatic rings. The SMILES string of the molecule is CNCC1CCCCCC1Cc1nc(C)cs1. The molecule has 1 saturated carbocycles. The number of nitrogens with zero attached hydrogens (tertiary/aromatic N) is 1. The van der Waals surface area contributed by atoms with Gasteiger partial charge in [0.15, 0.2) is 0 Å². The van der Waals surface area contributed by atoms with E-state index in [0.29, 0.717) is 0 Å². The summed E-state index contributed by atoms with van der Waals surface area (Å²) in [4.78, 5) is 4.63. The fraction of sp³-hybridized carbons (Fsp3) is 0.786. The summed E-state index contributed by atoms with van der Waals surface area (Å²) in [5, 5.41) is 6.89. The van der Waals surface area contributed by atoms with E-state index in [1.807, 2.05) is 11.3 Å². The summed E-state index contributed by atoms with van der Waals surface area (Å²) in [6.45, 7) is 3.27. The summed E-state index contributed by atoms with van der Waals surface area (Å²) in [6.07, 6.45) is 8.24. The Morgan fingerprint density at radius 1 is 1.29 bits per heavy atom. The Labute approximate surface area is 109 Å². The van der Waals surface area contributed by atoms with Gasteiger partial charge in [-0.05, 0) is 45.2 Å². The molecular formula is C14H24N2S. The molecule has 1 fully saturated rings. The normalized spacial score (nSPS) is 25.8. The van der Waals surface area contributed by atoms with Crippen LogP contribution in [0.3, 0.4) is 0 Å². The van der Waals surface area contributed by atoms with Gasteiger partial charge in [-0.2, -0.15) is 0 Å². The molecule has 0 spiro atoms. The van der Waals surface area contributed by atoms with Gasteiger partial charge in [0.1, 0.15) is 0 Å². The number of aryl methyl sites for hydroxylation is 1. The van der Waals surface area contributed by atoms with E-state index in [9.17, 15) is 0 Å². The zero-order valence-corrected chi connectivity index (χ0v) is 11.9. The minimum Gasteiger partial charge on any atom is -0.319 e. The van der Waals surface area contributed by atoms with Crippen LogP contribution < -0.4 is 5.32 Å². The average Bonchev–Trinajstić information content (AvgIpc) is 2.58. The average molecular weight is 252 g/mol. The lowest BCUT2D eigenvalue weighted by atomic mass is 9.85. The molecule has 2 unspecified atom stereocenters. The van der Waals surface area contributed by atoms with E-state index in [4.69, 9.17) is 0 Å². The Morgan fingerprint density at radius 2 is 2.06 bits per heavy atom. The van der Waals surface area contributed by atoms with Gasteiger partial charge >= 0.3 is 0 Å². The van der Waals surface area contributed by atoms with Gasteiger partial charge in [-0.3, -0.25) is 0 Å². The second-order valence-electron chi connectivity index (χ2n) is 5.30. The van der Waals surface area contributed by atoms with E-state index in [-0.39, 0.29) is 0 Å². The lowest BCUT2D eigenvalue weighted by molar-refractivity contribution is 0.303. The number of rotatable bonds is 4. The third-order valence-corrected chi connectivity index (χ3v) is 4.88. The van der Waals surface area contributed by atoms with Crippen molar-refractivity contribution in [2.24, 2.45) is 11.8 Å². The van der Waals surface area contributed by atoms with Gasteiger partial charge in [-0.1, -0.05) is 19.3 Å². The molecule has 1 aromatic heterocycles. The highest BCUT2D eigenvalue weighted by Crippen LogP contribution is 2.31. The molecule has 1 N–H and O–H groups in total. The van der Waals surface area contributed by atoms with Crippen molar-refractivity contribution in [1.82, 2.24) is 10.3 Å². The van der Waals surface area contributed by atoms with Crippen molar-refractivity contribution in [2.75, 3.05) is 13.6 Å². The van der Waals surface area contributed by atoms with Gasteiger partial charge in [0.25, 0.3) is 0 Å². The summed E-state index contributed by atoms with van der Waals surface area (Å²) in [7, 11) is 2.08. The number of hydrogen-bond donors (Lipinski definition) is 1. The minimum absolute atomic E-state index is 0.843. The number of thiazole rings is 1. The second kappa shape index (κ2) is 6.50. The van der Waals surface area contributed by atoms with Crippen LogP contribution in [0.1, 0.15) is 42.8 Å². The third-order valence-electron chi connectivity index (χ3n) is 3.89. The van der Waals surface area contributed by atoms with E-state index in [0.717, 1.165) is 11.8 Å². The van der Waals surface area contributed by atoms with E-state index in [2.05, 4.69) is 29.7 Å². The van der Waals surface area contributed by atoms with Crippen molar-refractivity contribution < 1.29 is 0 Å². The molecular weight excluding hydrogens is 228 g/mol. The summed E-state index contributed by atoms with van der Waals surface area (Å²) in [5.74, 6) is 1.70. The molecule has 1 heterocycles. The predicted octanol–water partition coefficient (Wildman–Crippen LogP) is 3.41. The molecule has 0 aromatic carbocycles. The second-order valence-corrected chi connectivity index (χ2v) is 6.25. The van der Waals surface area contributed by atoms with Crippen LogP contribution in [0, 0.1) is 18.8 Å². The summed E-state index contributed by atoms with van der Waals surface area (Å²) >= 11 is 1.84. The molecule has 17 heavy (non-hydrogen) atoms. The van der Waals surface area contributed by atoms with Crippen molar-refractivity contribution in [3.63, 3.8) is 0 Å². The van der Waals surface area contributed by atoms with Crippen molar-refractivity contribution >= 4 is 11.3 Å². The fourth-order valence-electron chi connectivity index (χ4n) is 2.98. The fourth-order valence-corrected chi connectivity index (χ4v) is 3.85. The van der Waals surface area contributed by atoms with Crippen LogP contribution in [0.2, 0.25) is 0 Å². The molecule has 96 valence electrons. The van der Waals surface area contributed by atoms with Gasteiger partial charge in [0.2, 0.25) is 0 Å². The van der Waals surface area contributed by atoms with Crippen molar-refractivity contribution in [2.45, 2.75) is 45.4 Å². The van der Waals surface area contributed by atoms with Crippen LogP contribution in [0.25, 0.3) is 0 Å². The molecule has 0 bridgehead atoms. The Bertz CT molecular complexity index is 335. The summed E-state index contributed by atoms with van der Waals surface area (Å²) < 4.78 is 0. The monoisotopic (exact) mass is 252 g/mol. The zero-order chi connectivity index (χ0) is 12.1. The van der Waals surface area contributed by atoms with Gasteiger partial charge in [-0.15, -0.1) is 11.3 Å². The third kappa shape index (κ3) is 3.78. The van der Waals surface area contributed by atoms with Gasteiger partial charge in [0, 0.05) is 17.5 Å². The molecule has 1 aliphatic carbocycles. The molecule has 0 aliphatic heterocycles. The molecule has 0 radical (unpaired) electrons. The highest BCUT2D eigenvalue weighted by atomic mass is 32.1. The standard InChI is InChI=1S/C14H24N2S/c1-11-10-17-14(16-11)8-12-6-4-3-5-7-13(12)9-15-2/h10,12-13,15H,3-9H2,1-2H3. The maximum atomic E-state index is 4.63. The van der Waals surface area contributed by atoms with E-state index >= 15 is 0 Å². The smallest absolute Gasteiger partial charge is 0.0930 e. The van der Waals surface area contributed by atoms with Gasteiger partial charge in [-0.25, -0.2) is 4.98 Å². The van der Waals surface area contributed by atoms with Gasteiger partial charge in [0.05, 0.1) is 5.01 Å². The lowest BCUT2D eigenvalue weighted by Gasteiger charge is -2.24. The first-order valence-electron chi connectivity index (χ1n) is 6.85. The van der Waals surface area contributed by atoms with Crippen LogP contribution in [-0.2, 0) is 6.42 Å². The summed E-state index contributed by atoms with van der Waals surface area (Å²) in [5.41, 5.74) is 1.18. The molecule has 1 aliphatic rings. The Balaban J connectivity index is 1.99. The quantitative estimate of drug-likeness (QED) is 0.831.